The third kappa shape index (κ3) is 4.62. The summed E-state index contributed by atoms with van der Waals surface area (Å²) in [6.07, 6.45) is 0. The molecule has 0 aromatic heterocycles. The molecule has 5 heteroatoms. The van der Waals surface area contributed by atoms with Crippen molar-refractivity contribution in [1.82, 2.24) is 10.2 Å². The summed E-state index contributed by atoms with van der Waals surface area (Å²) in [6.45, 7) is 6.82. The summed E-state index contributed by atoms with van der Waals surface area (Å²) < 4.78 is 10.7. The summed E-state index contributed by atoms with van der Waals surface area (Å²) >= 11 is 0. The highest BCUT2D eigenvalue weighted by Gasteiger charge is 2.14. The molecule has 1 aliphatic heterocycles. The van der Waals surface area contributed by atoms with Crippen molar-refractivity contribution in [2.45, 2.75) is 20.0 Å². The fourth-order valence-corrected chi connectivity index (χ4v) is 3.12. The minimum absolute atomic E-state index is 0.0931. The fraction of sp³-hybridized carbons (Fsp3) is 0.381. The number of carbonyl (C=O) groups excluding carboxylic acids is 1. The molecule has 0 spiro atoms. The molecular formula is C21H26N2O3. The molecular weight excluding hydrogens is 328 g/mol. The van der Waals surface area contributed by atoms with Crippen molar-refractivity contribution in [3.05, 3.63) is 64.7 Å². The second-order valence-electron chi connectivity index (χ2n) is 6.52. The zero-order valence-corrected chi connectivity index (χ0v) is 15.5. The first-order chi connectivity index (χ1) is 12.7. The molecule has 1 N–H and O–H groups in total. The molecule has 26 heavy (non-hydrogen) atoms. The van der Waals surface area contributed by atoms with E-state index in [0.717, 1.165) is 49.7 Å². The van der Waals surface area contributed by atoms with Gasteiger partial charge in [0.15, 0.2) is 0 Å². The predicted molar refractivity (Wildman–Crippen MR) is 101 cm³/mol. The monoisotopic (exact) mass is 354 g/mol. The molecule has 5 nitrogen and oxygen atoms in total. The number of rotatable bonds is 6. The van der Waals surface area contributed by atoms with Gasteiger partial charge in [-0.2, -0.15) is 0 Å². The smallest absolute Gasteiger partial charge is 0.251 e. The van der Waals surface area contributed by atoms with Crippen molar-refractivity contribution >= 4 is 5.91 Å². The number of aryl methyl sites for hydroxylation is 1. The molecule has 1 amide bonds. The van der Waals surface area contributed by atoms with Gasteiger partial charge in [-0.15, -0.1) is 0 Å². The van der Waals surface area contributed by atoms with Gasteiger partial charge in [0.05, 0.1) is 20.3 Å². The zero-order chi connectivity index (χ0) is 18.4. The van der Waals surface area contributed by atoms with Crippen LogP contribution in [0.2, 0.25) is 0 Å². The van der Waals surface area contributed by atoms with E-state index in [9.17, 15) is 4.79 Å². The molecule has 2 aromatic carbocycles. The van der Waals surface area contributed by atoms with Crippen LogP contribution in [-0.4, -0.2) is 44.2 Å². The Morgan fingerprint density at radius 2 is 1.88 bits per heavy atom. The van der Waals surface area contributed by atoms with E-state index in [1.54, 1.807) is 13.2 Å². The largest absolute Gasteiger partial charge is 0.496 e. The van der Waals surface area contributed by atoms with Crippen molar-refractivity contribution in [2.24, 2.45) is 0 Å². The van der Waals surface area contributed by atoms with Crippen LogP contribution in [0.4, 0.5) is 0 Å². The van der Waals surface area contributed by atoms with Crippen LogP contribution in [0.3, 0.4) is 0 Å². The first-order valence-electron chi connectivity index (χ1n) is 8.97. The van der Waals surface area contributed by atoms with E-state index < -0.39 is 0 Å². The lowest BCUT2D eigenvalue weighted by atomic mass is 10.1. The van der Waals surface area contributed by atoms with E-state index in [-0.39, 0.29) is 5.91 Å². The summed E-state index contributed by atoms with van der Waals surface area (Å²) in [5.41, 5.74) is 4.01. The number of hydrogen-bond donors (Lipinski definition) is 1. The molecule has 0 saturated carbocycles. The third-order valence-electron chi connectivity index (χ3n) is 4.73. The molecule has 0 aliphatic carbocycles. The molecule has 3 rings (SSSR count). The lowest BCUT2D eigenvalue weighted by Crippen LogP contribution is -2.36. The van der Waals surface area contributed by atoms with Gasteiger partial charge in [-0.3, -0.25) is 9.69 Å². The molecule has 0 bridgehead atoms. The fourth-order valence-electron chi connectivity index (χ4n) is 3.12. The van der Waals surface area contributed by atoms with Crippen LogP contribution >= 0.6 is 0 Å². The van der Waals surface area contributed by atoms with E-state index in [4.69, 9.17) is 9.47 Å². The van der Waals surface area contributed by atoms with Crippen LogP contribution in [0.1, 0.15) is 27.0 Å². The van der Waals surface area contributed by atoms with Crippen molar-refractivity contribution in [2.75, 3.05) is 33.4 Å². The average Bonchev–Trinajstić information content (AvgIpc) is 2.68. The molecule has 1 heterocycles. The van der Waals surface area contributed by atoms with Crippen molar-refractivity contribution in [3.63, 3.8) is 0 Å². The normalized spacial score (nSPS) is 14.8. The Morgan fingerprint density at radius 1 is 1.15 bits per heavy atom. The number of methoxy groups -OCH3 is 1. The Labute approximate surface area is 154 Å². The van der Waals surface area contributed by atoms with Crippen LogP contribution < -0.4 is 10.1 Å². The number of nitrogens with one attached hydrogen (secondary N) is 1. The number of benzene rings is 2. The maximum absolute atomic E-state index is 12.5. The van der Waals surface area contributed by atoms with E-state index >= 15 is 0 Å². The van der Waals surface area contributed by atoms with Gasteiger partial charge in [0, 0.05) is 31.7 Å². The third-order valence-corrected chi connectivity index (χ3v) is 4.73. The first-order valence-corrected chi connectivity index (χ1v) is 8.97. The second kappa shape index (κ2) is 8.83. The van der Waals surface area contributed by atoms with E-state index in [1.807, 2.05) is 31.2 Å². The summed E-state index contributed by atoms with van der Waals surface area (Å²) in [7, 11) is 1.62. The molecule has 1 saturated heterocycles. The SMILES string of the molecule is COc1cc(C(=O)NCc2ccccc2CN2CCOCC2)ccc1C. The predicted octanol–water partition coefficient (Wildman–Crippen LogP) is 2.77. The topological polar surface area (TPSA) is 50.8 Å². The molecule has 0 atom stereocenters. The number of hydrogen-bond acceptors (Lipinski definition) is 4. The number of nitrogens with zero attached hydrogens (tertiary/aromatic N) is 1. The number of ether oxygens (including phenoxy) is 2. The van der Waals surface area contributed by atoms with Gasteiger partial charge in [0.1, 0.15) is 5.75 Å². The van der Waals surface area contributed by atoms with Crippen LogP contribution in [0.5, 0.6) is 5.75 Å². The lowest BCUT2D eigenvalue weighted by Gasteiger charge is -2.27. The Morgan fingerprint density at radius 3 is 2.62 bits per heavy atom. The quantitative estimate of drug-likeness (QED) is 0.867. The highest BCUT2D eigenvalue weighted by Crippen LogP contribution is 2.19. The number of carbonyl (C=O) groups is 1. The van der Waals surface area contributed by atoms with Crippen molar-refractivity contribution in [3.8, 4) is 5.75 Å². The molecule has 1 aliphatic rings. The van der Waals surface area contributed by atoms with Gasteiger partial charge < -0.3 is 14.8 Å². The first kappa shape index (κ1) is 18.4. The van der Waals surface area contributed by atoms with Gasteiger partial charge in [-0.25, -0.2) is 0 Å². The van der Waals surface area contributed by atoms with E-state index in [1.165, 1.54) is 5.56 Å². The average molecular weight is 354 g/mol. The minimum atomic E-state index is -0.0931. The maximum atomic E-state index is 12.5. The lowest BCUT2D eigenvalue weighted by molar-refractivity contribution is 0.0340. The summed E-state index contributed by atoms with van der Waals surface area (Å²) in [5.74, 6) is 0.634. The Balaban J connectivity index is 1.64. The maximum Gasteiger partial charge on any atom is 0.251 e. The summed E-state index contributed by atoms with van der Waals surface area (Å²) in [6, 6.07) is 13.8. The van der Waals surface area contributed by atoms with Crippen molar-refractivity contribution < 1.29 is 14.3 Å². The minimum Gasteiger partial charge on any atom is -0.496 e. The van der Waals surface area contributed by atoms with Crippen LogP contribution in [0, 0.1) is 6.92 Å². The van der Waals surface area contributed by atoms with Crippen molar-refractivity contribution in [1.29, 1.82) is 0 Å². The second-order valence-corrected chi connectivity index (χ2v) is 6.52. The highest BCUT2D eigenvalue weighted by molar-refractivity contribution is 5.94. The van der Waals surface area contributed by atoms with Crippen LogP contribution in [0.25, 0.3) is 0 Å². The molecule has 0 radical (unpaired) electrons. The standard InChI is InChI=1S/C21H26N2O3/c1-16-7-8-17(13-20(16)25-2)21(24)22-14-18-5-3-4-6-19(18)15-23-9-11-26-12-10-23/h3-8,13H,9-12,14-15H2,1-2H3,(H,22,24). The molecule has 1 fully saturated rings. The molecule has 2 aromatic rings. The Kier molecular flexibility index (Phi) is 6.26. The highest BCUT2D eigenvalue weighted by atomic mass is 16.5. The van der Waals surface area contributed by atoms with Crippen LogP contribution in [-0.2, 0) is 17.8 Å². The molecule has 138 valence electrons. The van der Waals surface area contributed by atoms with Gasteiger partial charge >= 0.3 is 0 Å². The Hall–Kier alpha value is -2.37. The number of amides is 1. The van der Waals surface area contributed by atoms with Crippen LogP contribution in [0.15, 0.2) is 42.5 Å². The van der Waals surface area contributed by atoms with Gasteiger partial charge in [0.25, 0.3) is 5.91 Å². The van der Waals surface area contributed by atoms with E-state index in [0.29, 0.717) is 12.1 Å². The summed E-state index contributed by atoms with van der Waals surface area (Å²) in [5, 5.41) is 3.03. The van der Waals surface area contributed by atoms with Gasteiger partial charge in [-0.1, -0.05) is 30.3 Å². The zero-order valence-electron chi connectivity index (χ0n) is 15.5. The summed E-state index contributed by atoms with van der Waals surface area (Å²) in [4.78, 5) is 14.9. The molecule has 0 unspecified atom stereocenters. The number of morpholine rings is 1. The Bertz CT molecular complexity index is 755. The van der Waals surface area contributed by atoms with E-state index in [2.05, 4.69) is 22.3 Å². The van der Waals surface area contributed by atoms with Gasteiger partial charge in [0.2, 0.25) is 0 Å². The van der Waals surface area contributed by atoms with Gasteiger partial charge in [-0.05, 0) is 35.7 Å².